The lowest BCUT2D eigenvalue weighted by atomic mass is 10.1. The van der Waals surface area contributed by atoms with Crippen molar-refractivity contribution >= 4 is 5.95 Å². The smallest absolute Gasteiger partial charge is 0.207 e. The maximum Gasteiger partial charge on any atom is 0.207 e. The van der Waals surface area contributed by atoms with Crippen molar-refractivity contribution in [1.29, 1.82) is 0 Å². The Balaban J connectivity index is 2.04. The van der Waals surface area contributed by atoms with Crippen molar-refractivity contribution < 1.29 is 4.74 Å². The van der Waals surface area contributed by atoms with Crippen molar-refractivity contribution in [2.75, 3.05) is 25.1 Å². The number of hydrogen-bond donors (Lipinski definition) is 1. The summed E-state index contributed by atoms with van der Waals surface area (Å²) >= 11 is 0. The summed E-state index contributed by atoms with van der Waals surface area (Å²) in [5, 5.41) is 3.37. The highest BCUT2D eigenvalue weighted by Crippen LogP contribution is 2.19. The molecule has 0 saturated carbocycles. The van der Waals surface area contributed by atoms with Gasteiger partial charge in [0.05, 0.1) is 5.69 Å². The summed E-state index contributed by atoms with van der Waals surface area (Å²) in [6.07, 6.45) is 5.82. The van der Waals surface area contributed by atoms with Gasteiger partial charge >= 0.3 is 0 Å². The number of benzene rings is 1. The number of ether oxygens (including phenoxy) is 1. The van der Waals surface area contributed by atoms with Crippen LogP contribution in [0.25, 0.3) is 5.69 Å². The van der Waals surface area contributed by atoms with Crippen LogP contribution in [0.1, 0.15) is 25.8 Å². The molecule has 1 heterocycles. The van der Waals surface area contributed by atoms with E-state index in [4.69, 9.17) is 4.74 Å². The van der Waals surface area contributed by atoms with Crippen molar-refractivity contribution in [2.45, 2.75) is 26.7 Å². The lowest BCUT2D eigenvalue weighted by Gasteiger charge is -2.13. The van der Waals surface area contributed by atoms with Crippen LogP contribution in [-0.2, 0) is 11.2 Å². The minimum Gasteiger partial charge on any atom is -0.382 e. The number of nitrogens with zero attached hydrogens (tertiary/aromatic N) is 2. The van der Waals surface area contributed by atoms with Gasteiger partial charge in [0.15, 0.2) is 0 Å². The molecule has 2 aromatic rings. The summed E-state index contributed by atoms with van der Waals surface area (Å²) < 4.78 is 7.45. The molecule has 0 aliphatic heterocycles. The van der Waals surface area contributed by atoms with Crippen molar-refractivity contribution in [1.82, 2.24) is 9.55 Å². The Morgan fingerprint density at radius 2 is 2.10 bits per heavy atom. The molecule has 4 heteroatoms. The highest BCUT2D eigenvalue weighted by atomic mass is 16.5. The van der Waals surface area contributed by atoms with E-state index in [9.17, 15) is 0 Å². The molecule has 4 nitrogen and oxygen atoms in total. The number of aryl methyl sites for hydroxylation is 1. The third kappa shape index (κ3) is 3.61. The van der Waals surface area contributed by atoms with E-state index in [-0.39, 0.29) is 0 Å². The fraction of sp³-hybridized carbons (Fsp3) is 0.438. The topological polar surface area (TPSA) is 39.1 Å². The first-order valence-electron chi connectivity index (χ1n) is 7.30. The number of aromatic nitrogens is 2. The normalized spacial score (nSPS) is 10.7. The average Bonchev–Trinajstić information content (AvgIpc) is 2.95. The molecule has 0 spiro atoms. The number of nitrogens with one attached hydrogen (secondary N) is 1. The maximum atomic E-state index is 5.34. The molecule has 0 radical (unpaired) electrons. The SMILES string of the molecule is CCOCCCNc1nccn1-c1ccccc1CC. The van der Waals surface area contributed by atoms with Crippen LogP contribution in [-0.4, -0.2) is 29.3 Å². The van der Waals surface area contributed by atoms with Crippen LogP contribution in [0.4, 0.5) is 5.95 Å². The van der Waals surface area contributed by atoms with Crippen molar-refractivity contribution in [3.63, 3.8) is 0 Å². The van der Waals surface area contributed by atoms with Gasteiger partial charge in [0.2, 0.25) is 5.95 Å². The molecule has 1 N–H and O–H groups in total. The standard InChI is InChI=1S/C16H23N3O/c1-3-14-8-5-6-9-15(14)19-12-11-18-16(19)17-10-7-13-20-4-2/h5-6,8-9,11-12H,3-4,7,10,13H2,1-2H3,(H,17,18). The van der Waals surface area contributed by atoms with Gasteiger partial charge in [-0.15, -0.1) is 0 Å². The Kier molecular flexibility index (Phi) is 5.62. The van der Waals surface area contributed by atoms with Gasteiger partial charge in [-0.3, -0.25) is 4.57 Å². The van der Waals surface area contributed by atoms with Crippen LogP contribution in [0, 0.1) is 0 Å². The second-order valence-electron chi connectivity index (χ2n) is 4.58. The van der Waals surface area contributed by atoms with Crippen LogP contribution in [0.15, 0.2) is 36.7 Å². The Bertz CT molecular complexity index is 522. The summed E-state index contributed by atoms with van der Waals surface area (Å²) in [4.78, 5) is 4.40. The Morgan fingerprint density at radius 1 is 1.25 bits per heavy atom. The minimum absolute atomic E-state index is 0.776. The van der Waals surface area contributed by atoms with Gasteiger partial charge in [0.25, 0.3) is 0 Å². The fourth-order valence-corrected chi connectivity index (χ4v) is 2.19. The molecule has 0 atom stereocenters. The lowest BCUT2D eigenvalue weighted by Crippen LogP contribution is -2.10. The van der Waals surface area contributed by atoms with Crippen molar-refractivity contribution in [2.24, 2.45) is 0 Å². The zero-order valence-corrected chi connectivity index (χ0v) is 12.3. The Labute approximate surface area is 120 Å². The fourth-order valence-electron chi connectivity index (χ4n) is 2.19. The predicted octanol–water partition coefficient (Wildman–Crippen LogP) is 3.27. The van der Waals surface area contributed by atoms with E-state index in [0.717, 1.165) is 38.5 Å². The van der Waals surface area contributed by atoms with E-state index < -0.39 is 0 Å². The van der Waals surface area contributed by atoms with Gasteiger partial charge in [0, 0.05) is 32.2 Å². The number of imidazole rings is 1. The first-order valence-corrected chi connectivity index (χ1v) is 7.30. The van der Waals surface area contributed by atoms with Crippen LogP contribution in [0.3, 0.4) is 0 Å². The van der Waals surface area contributed by atoms with Crippen LogP contribution < -0.4 is 5.32 Å². The van der Waals surface area contributed by atoms with Gasteiger partial charge in [-0.05, 0) is 31.4 Å². The Hall–Kier alpha value is -1.81. The van der Waals surface area contributed by atoms with E-state index >= 15 is 0 Å². The third-order valence-corrected chi connectivity index (χ3v) is 3.23. The highest BCUT2D eigenvalue weighted by Gasteiger charge is 2.07. The third-order valence-electron chi connectivity index (χ3n) is 3.23. The number of anilines is 1. The highest BCUT2D eigenvalue weighted by molar-refractivity contribution is 5.47. The molecule has 0 saturated heterocycles. The number of para-hydroxylation sites is 1. The molecule has 1 aromatic carbocycles. The van der Waals surface area contributed by atoms with Gasteiger partial charge in [-0.25, -0.2) is 4.98 Å². The molecular weight excluding hydrogens is 250 g/mol. The summed E-state index contributed by atoms with van der Waals surface area (Å²) in [6.45, 7) is 6.62. The molecular formula is C16H23N3O. The summed E-state index contributed by atoms with van der Waals surface area (Å²) in [6, 6.07) is 8.43. The zero-order chi connectivity index (χ0) is 14.2. The first-order chi connectivity index (χ1) is 9.86. The molecule has 0 aliphatic rings. The second-order valence-corrected chi connectivity index (χ2v) is 4.58. The molecule has 0 unspecified atom stereocenters. The van der Waals surface area contributed by atoms with E-state index in [1.807, 2.05) is 19.3 Å². The maximum absolute atomic E-state index is 5.34. The number of rotatable bonds is 8. The van der Waals surface area contributed by atoms with Crippen molar-refractivity contribution in [3.05, 3.63) is 42.2 Å². The molecule has 0 aliphatic carbocycles. The summed E-state index contributed by atoms with van der Waals surface area (Å²) in [5.41, 5.74) is 2.52. The molecule has 0 amide bonds. The van der Waals surface area contributed by atoms with Crippen LogP contribution in [0.2, 0.25) is 0 Å². The quantitative estimate of drug-likeness (QED) is 0.750. The second kappa shape index (κ2) is 7.70. The summed E-state index contributed by atoms with van der Waals surface area (Å²) in [7, 11) is 0. The molecule has 1 aromatic heterocycles. The van der Waals surface area contributed by atoms with E-state index in [2.05, 4.69) is 46.1 Å². The number of hydrogen-bond acceptors (Lipinski definition) is 3. The summed E-state index contributed by atoms with van der Waals surface area (Å²) in [5.74, 6) is 0.891. The monoisotopic (exact) mass is 273 g/mol. The Morgan fingerprint density at radius 3 is 2.90 bits per heavy atom. The van der Waals surface area contributed by atoms with Crippen LogP contribution in [0.5, 0.6) is 0 Å². The molecule has 20 heavy (non-hydrogen) atoms. The van der Waals surface area contributed by atoms with Gasteiger partial charge < -0.3 is 10.1 Å². The zero-order valence-electron chi connectivity index (χ0n) is 12.3. The lowest BCUT2D eigenvalue weighted by molar-refractivity contribution is 0.147. The predicted molar refractivity (Wildman–Crippen MR) is 82.5 cm³/mol. The molecule has 108 valence electrons. The van der Waals surface area contributed by atoms with Gasteiger partial charge in [-0.1, -0.05) is 25.1 Å². The molecule has 0 fully saturated rings. The first kappa shape index (κ1) is 14.6. The minimum atomic E-state index is 0.776. The molecule has 0 bridgehead atoms. The van der Waals surface area contributed by atoms with E-state index in [0.29, 0.717) is 0 Å². The molecule has 2 rings (SSSR count). The van der Waals surface area contributed by atoms with E-state index in [1.54, 1.807) is 0 Å². The van der Waals surface area contributed by atoms with Crippen molar-refractivity contribution in [3.8, 4) is 5.69 Å². The van der Waals surface area contributed by atoms with Crippen LogP contribution >= 0.6 is 0 Å². The van der Waals surface area contributed by atoms with E-state index in [1.165, 1.54) is 11.3 Å². The van der Waals surface area contributed by atoms with Gasteiger partial charge in [-0.2, -0.15) is 0 Å². The largest absolute Gasteiger partial charge is 0.382 e. The van der Waals surface area contributed by atoms with Gasteiger partial charge in [0.1, 0.15) is 0 Å². The average molecular weight is 273 g/mol.